The van der Waals surface area contributed by atoms with Crippen LogP contribution in [0.5, 0.6) is 5.75 Å². The van der Waals surface area contributed by atoms with Gasteiger partial charge in [0.25, 0.3) is 5.91 Å². The maximum atomic E-state index is 12.6. The largest absolute Gasteiger partial charge is 0.494 e. The fraction of sp³-hybridized carbons (Fsp3) is 0.500. The van der Waals surface area contributed by atoms with E-state index in [1.54, 1.807) is 13.0 Å². The summed E-state index contributed by atoms with van der Waals surface area (Å²) in [5.74, 6) is -0.588. The predicted octanol–water partition coefficient (Wildman–Crippen LogP) is 5.49. The monoisotopic (exact) mass is 435 g/mol. The van der Waals surface area contributed by atoms with E-state index in [-0.39, 0.29) is 10.2 Å². The van der Waals surface area contributed by atoms with E-state index in [1.165, 1.54) is 37.0 Å². The first kappa shape index (κ1) is 23.4. The van der Waals surface area contributed by atoms with Crippen LogP contribution >= 0.6 is 24.0 Å². The number of ether oxygens (including phenoxy) is 1. The van der Waals surface area contributed by atoms with Crippen molar-refractivity contribution in [3.8, 4) is 5.75 Å². The number of hydrogen-bond acceptors (Lipinski definition) is 5. The van der Waals surface area contributed by atoms with Crippen LogP contribution in [0.2, 0.25) is 0 Å². The number of nitrogens with zero attached hydrogens (tertiary/aromatic N) is 1. The minimum Gasteiger partial charge on any atom is -0.494 e. The van der Waals surface area contributed by atoms with Crippen LogP contribution in [0.15, 0.2) is 29.2 Å². The average molecular weight is 436 g/mol. The zero-order valence-corrected chi connectivity index (χ0v) is 18.7. The van der Waals surface area contributed by atoms with Crippen molar-refractivity contribution >= 4 is 46.3 Å². The topological polar surface area (TPSA) is 66.8 Å². The fourth-order valence-electron chi connectivity index (χ4n) is 3.10. The minimum atomic E-state index is -1.04. The molecule has 1 aliphatic heterocycles. The second-order valence-electron chi connectivity index (χ2n) is 7.00. The molecule has 0 bridgehead atoms. The first-order valence-electron chi connectivity index (χ1n) is 10.2. The molecule has 1 aliphatic rings. The number of thiocarbonyl (C=S) groups is 1. The molecule has 1 saturated heterocycles. The molecule has 0 unspecified atom stereocenters. The number of benzene rings is 1. The van der Waals surface area contributed by atoms with Crippen LogP contribution in [0.1, 0.15) is 64.4 Å². The number of carbonyl (C=O) groups excluding carboxylic acids is 1. The number of carboxylic acid groups (broad SMARTS) is 1. The number of aliphatic carboxylic acids is 1. The molecule has 1 aromatic carbocycles. The van der Waals surface area contributed by atoms with Gasteiger partial charge in [0.15, 0.2) is 0 Å². The molecule has 0 aromatic heterocycles. The van der Waals surface area contributed by atoms with E-state index >= 15 is 0 Å². The van der Waals surface area contributed by atoms with Crippen LogP contribution in [0, 0.1) is 0 Å². The van der Waals surface area contributed by atoms with Crippen molar-refractivity contribution in [2.45, 2.75) is 64.8 Å². The Morgan fingerprint density at radius 1 is 1.17 bits per heavy atom. The van der Waals surface area contributed by atoms with Gasteiger partial charge in [-0.05, 0) is 36.6 Å². The van der Waals surface area contributed by atoms with Crippen molar-refractivity contribution in [3.63, 3.8) is 0 Å². The van der Waals surface area contributed by atoms with Gasteiger partial charge in [-0.25, -0.2) is 4.79 Å². The number of hydrogen-bond donors (Lipinski definition) is 1. The Kier molecular flexibility index (Phi) is 9.67. The zero-order chi connectivity index (χ0) is 21.2. The second-order valence-corrected chi connectivity index (χ2v) is 8.68. The van der Waals surface area contributed by atoms with Gasteiger partial charge in [-0.2, -0.15) is 0 Å². The normalized spacial score (nSPS) is 16.5. The third-order valence-corrected chi connectivity index (χ3v) is 6.08. The molecule has 1 atom stereocenters. The number of carbonyl (C=O) groups is 2. The van der Waals surface area contributed by atoms with Crippen molar-refractivity contribution in [2.75, 3.05) is 6.61 Å². The summed E-state index contributed by atoms with van der Waals surface area (Å²) in [6.45, 7) is 4.65. The molecular weight excluding hydrogens is 406 g/mol. The first-order chi connectivity index (χ1) is 14.0. The van der Waals surface area contributed by atoms with E-state index in [0.717, 1.165) is 29.5 Å². The Bertz CT molecular complexity index is 746. The highest BCUT2D eigenvalue weighted by Gasteiger charge is 2.39. The molecule has 1 fully saturated rings. The Balaban J connectivity index is 1.90. The van der Waals surface area contributed by atoms with Gasteiger partial charge in [0.05, 0.1) is 11.5 Å². The minimum absolute atomic E-state index is 0.286. The molecule has 0 spiro atoms. The SMILES string of the molecule is CCCCCCCCOc1ccc(/C=C2/SC(=S)N([C@H](CC)C(=O)O)C2=O)cc1. The van der Waals surface area contributed by atoms with Gasteiger partial charge < -0.3 is 9.84 Å². The maximum Gasteiger partial charge on any atom is 0.326 e. The summed E-state index contributed by atoms with van der Waals surface area (Å²) in [6, 6.07) is 6.62. The molecule has 7 heteroatoms. The summed E-state index contributed by atoms with van der Waals surface area (Å²) in [5.41, 5.74) is 0.848. The third kappa shape index (κ3) is 6.85. The van der Waals surface area contributed by atoms with E-state index in [0.29, 0.717) is 17.9 Å². The summed E-state index contributed by atoms with van der Waals surface area (Å²) in [5, 5.41) is 9.32. The van der Waals surface area contributed by atoms with Gasteiger partial charge >= 0.3 is 5.97 Å². The molecule has 158 valence electrons. The molecule has 1 heterocycles. The van der Waals surface area contributed by atoms with Gasteiger partial charge in [0, 0.05) is 0 Å². The molecule has 0 saturated carbocycles. The Morgan fingerprint density at radius 3 is 2.45 bits per heavy atom. The fourth-order valence-corrected chi connectivity index (χ4v) is 4.46. The Morgan fingerprint density at radius 2 is 1.83 bits per heavy atom. The van der Waals surface area contributed by atoms with Crippen LogP contribution in [0.4, 0.5) is 0 Å². The molecule has 0 aliphatic carbocycles. The summed E-state index contributed by atoms with van der Waals surface area (Å²) in [6.07, 6.45) is 9.40. The number of amides is 1. The average Bonchev–Trinajstić information content (AvgIpc) is 2.97. The lowest BCUT2D eigenvalue weighted by molar-refractivity contribution is -0.145. The van der Waals surface area contributed by atoms with Crippen molar-refractivity contribution < 1.29 is 19.4 Å². The lowest BCUT2D eigenvalue weighted by atomic mass is 10.1. The first-order valence-corrected chi connectivity index (χ1v) is 11.4. The maximum absolute atomic E-state index is 12.6. The smallest absolute Gasteiger partial charge is 0.326 e. The number of rotatable bonds is 12. The molecule has 29 heavy (non-hydrogen) atoms. The number of carboxylic acids is 1. The van der Waals surface area contributed by atoms with Gasteiger partial charge in [0.2, 0.25) is 0 Å². The molecule has 1 N–H and O–H groups in total. The van der Waals surface area contributed by atoms with Crippen LogP contribution in [0.25, 0.3) is 6.08 Å². The highest BCUT2D eigenvalue weighted by molar-refractivity contribution is 8.26. The van der Waals surface area contributed by atoms with Crippen LogP contribution in [0.3, 0.4) is 0 Å². The number of unbranched alkanes of at least 4 members (excludes halogenated alkanes) is 5. The van der Waals surface area contributed by atoms with Crippen molar-refractivity contribution in [1.29, 1.82) is 0 Å². The van der Waals surface area contributed by atoms with Crippen LogP contribution in [-0.2, 0) is 9.59 Å². The van der Waals surface area contributed by atoms with E-state index < -0.39 is 12.0 Å². The molecule has 1 amide bonds. The van der Waals surface area contributed by atoms with Gasteiger partial charge in [0.1, 0.15) is 16.1 Å². The highest BCUT2D eigenvalue weighted by atomic mass is 32.2. The Labute approximate surface area is 182 Å². The van der Waals surface area contributed by atoms with Crippen LogP contribution < -0.4 is 4.74 Å². The van der Waals surface area contributed by atoms with E-state index in [4.69, 9.17) is 17.0 Å². The van der Waals surface area contributed by atoms with Crippen molar-refractivity contribution in [3.05, 3.63) is 34.7 Å². The third-order valence-electron chi connectivity index (χ3n) is 4.75. The number of thioether (sulfide) groups is 1. The van der Waals surface area contributed by atoms with Crippen molar-refractivity contribution in [2.24, 2.45) is 0 Å². The van der Waals surface area contributed by atoms with E-state index in [2.05, 4.69) is 6.92 Å². The lowest BCUT2D eigenvalue weighted by Crippen LogP contribution is -2.43. The van der Waals surface area contributed by atoms with Gasteiger partial charge in [-0.1, -0.05) is 82.1 Å². The Hall–Kier alpha value is -1.86. The van der Waals surface area contributed by atoms with Gasteiger partial charge in [-0.3, -0.25) is 9.69 Å². The second kappa shape index (κ2) is 12.0. The standard InChI is InChI=1S/C22H29NO4S2/c1-3-5-6-7-8-9-14-27-17-12-10-16(11-13-17)15-19-20(24)23(22(28)29-19)18(4-2)21(25)26/h10-13,15,18H,3-9,14H2,1-2H3,(H,25,26)/b19-15+/t18-/m1/s1. The molecule has 2 rings (SSSR count). The zero-order valence-electron chi connectivity index (χ0n) is 17.1. The predicted molar refractivity (Wildman–Crippen MR) is 122 cm³/mol. The van der Waals surface area contributed by atoms with E-state index in [9.17, 15) is 14.7 Å². The summed E-state index contributed by atoms with van der Waals surface area (Å²) >= 11 is 6.37. The molecule has 5 nitrogen and oxygen atoms in total. The molecule has 0 radical (unpaired) electrons. The van der Waals surface area contributed by atoms with Gasteiger partial charge in [-0.15, -0.1) is 0 Å². The summed E-state index contributed by atoms with van der Waals surface area (Å²) < 4.78 is 6.06. The summed E-state index contributed by atoms with van der Waals surface area (Å²) in [7, 11) is 0. The highest BCUT2D eigenvalue weighted by Crippen LogP contribution is 2.34. The van der Waals surface area contributed by atoms with E-state index in [1.807, 2.05) is 24.3 Å². The quantitative estimate of drug-likeness (QED) is 0.266. The molecule has 1 aromatic rings. The molecular formula is C22H29NO4S2. The van der Waals surface area contributed by atoms with Crippen LogP contribution in [-0.4, -0.2) is 38.9 Å². The van der Waals surface area contributed by atoms with Crippen molar-refractivity contribution in [1.82, 2.24) is 4.90 Å². The summed E-state index contributed by atoms with van der Waals surface area (Å²) in [4.78, 5) is 25.7. The lowest BCUT2D eigenvalue weighted by Gasteiger charge is -2.21.